The Hall–Kier alpha value is -0.660. The van der Waals surface area contributed by atoms with Gasteiger partial charge < -0.3 is 5.32 Å². The highest BCUT2D eigenvalue weighted by molar-refractivity contribution is 9.10. The lowest BCUT2D eigenvalue weighted by Crippen LogP contribution is -2.28. The van der Waals surface area contributed by atoms with Gasteiger partial charge in [0.1, 0.15) is 10.7 Å². The van der Waals surface area contributed by atoms with Gasteiger partial charge >= 0.3 is 0 Å². The van der Waals surface area contributed by atoms with Crippen LogP contribution in [0.15, 0.2) is 21.6 Å². The standard InChI is InChI=1S/C13H20BrN3O2S/c1-4-15-12-11(5-10(14)8-16-12)20(18,19)17-7-9-6-13(9,2)3/h5,8-9,17H,4,6-7H2,1-3H3,(H,15,16). The fourth-order valence-corrected chi connectivity index (χ4v) is 3.86. The maximum absolute atomic E-state index is 12.4. The first kappa shape index (κ1) is 15.7. The second-order valence-electron chi connectivity index (χ2n) is 5.77. The average Bonchev–Trinajstić information content (AvgIpc) is 2.97. The van der Waals surface area contributed by atoms with E-state index in [0.29, 0.717) is 29.3 Å². The summed E-state index contributed by atoms with van der Waals surface area (Å²) in [7, 11) is -3.55. The Balaban J connectivity index is 2.18. The Labute approximate surface area is 128 Å². The Bertz CT molecular complexity index is 602. The van der Waals surface area contributed by atoms with E-state index in [1.165, 1.54) is 0 Å². The molecule has 0 radical (unpaired) electrons. The number of anilines is 1. The van der Waals surface area contributed by atoms with Gasteiger partial charge in [-0.2, -0.15) is 0 Å². The zero-order chi connectivity index (χ0) is 15.0. The predicted octanol–water partition coefficient (Wildman–Crippen LogP) is 2.60. The summed E-state index contributed by atoms with van der Waals surface area (Å²) in [5, 5.41) is 2.98. The summed E-state index contributed by atoms with van der Waals surface area (Å²) in [6, 6.07) is 1.57. The summed E-state index contributed by atoms with van der Waals surface area (Å²) in [5.41, 5.74) is 0.253. The molecule has 1 aromatic rings. The fraction of sp³-hybridized carbons (Fsp3) is 0.615. The number of pyridine rings is 1. The molecule has 1 unspecified atom stereocenters. The van der Waals surface area contributed by atoms with Gasteiger partial charge in [0.2, 0.25) is 10.0 Å². The Kier molecular flexibility index (Phi) is 4.41. The molecule has 0 bridgehead atoms. The molecule has 1 aromatic heterocycles. The maximum atomic E-state index is 12.4. The number of hydrogen-bond donors (Lipinski definition) is 2. The Morgan fingerprint density at radius 1 is 1.50 bits per heavy atom. The molecule has 7 heteroatoms. The number of rotatable bonds is 6. The van der Waals surface area contributed by atoms with Gasteiger partial charge in [-0.15, -0.1) is 0 Å². The largest absolute Gasteiger partial charge is 0.369 e. The van der Waals surface area contributed by atoms with E-state index >= 15 is 0 Å². The van der Waals surface area contributed by atoms with Crippen molar-refractivity contribution in [3.05, 3.63) is 16.7 Å². The zero-order valence-electron chi connectivity index (χ0n) is 11.9. The first-order valence-corrected chi connectivity index (χ1v) is 8.93. The molecule has 1 fully saturated rings. The summed E-state index contributed by atoms with van der Waals surface area (Å²) in [4.78, 5) is 4.32. The van der Waals surface area contributed by atoms with E-state index in [1.54, 1.807) is 12.3 Å². The van der Waals surface area contributed by atoms with Crippen molar-refractivity contribution in [3.8, 4) is 0 Å². The van der Waals surface area contributed by atoms with Crippen molar-refractivity contribution in [2.75, 3.05) is 18.4 Å². The molecule has 2 rings (SSSR count). The van der Waals surface area contributed by atoms with Crippen LogP contribution in [0.5, 0.6) is 0 Å². The molecule has 2 N–H and O–H groups in total. The number of hydrogen-bond acceptors (Lipinski definition) is 4. The second kappa shape index (κ2) is 5.61. The van der Waals surface area contributed by atoms with Gasteiger partial charge in [0.15, 0.2) is 0 Å². The van der Waals surface area contributed by atoms with Crippen LogP contribution in [0, 0.1) is 11.3 Å². The molecule has 20 heavy (non-hydrogen) atoms. The van der Waals surface area contributed by atoms with Crippen molar-refractivity contribution in [3.63, 3.8) is 0 Å². The highest BCUT2D eigenvalue weighted by Gasteiger charge is 2.45. The van der Waals surface area contributed by atoms with Crippen molar-refractivity contribution in [1.82, 2.24) is 9.71 Å². The minimum Gasteiger partial charge on any atom is -0.369 e. The third kappa shape index (κ3) is 3.51. The molecule has 5 nitrogen and oxygen atoms in total. The topological polar surface area (TPSA) is 71.1 Å². The highest BCUT2D eigenvalue weighted by Crippen LogP contribution is 2.51. The van der Waals surface area contributed by atoms with Crippen LogP contribution in [0.3, 0.4) is 0 Å². The summed E-state index contributed by atoms with van der Waals surface area (Å²) < 4.78 is 28.2. The van der Waals surface area contributed by atoms with E-state index < -0.39 is 10.0 Å². The first-order chi connectivity index (χ1) is 9.26. The molecule has 1 atom stereocenters. The van der Waals surface area contributed by atoms with Gasteiger partial charge in [0.25, 0.3) is 0 Å². The average molecular weight is 362 g/mol. The van der Waals surface area contributed by atoms with Gasteiger partial charge in [-0.1, -0.05) is 13.8 Å². The van der Waals surface area contributed by atoms with Crippen LogP contribution in [-0.4, -0.2) is 26.5 Å². The lowest BCUT2D eigenvalue weighted by atomic mass is 10.1. The SMILES string of the molecule is CCNc1ncc(Br)cc1S(=O)(=O)NCC1CC1(C)C. The first-order valence-electron chi connectivity index (χ1n) is 6.65. The Morgan fingerprint density at radius 3 is 2.70 bits per heavy atom. The molecular weight excluding hydrogens is 342 g/mol. The number of aromatic nitrogens is 1. The van der Waals surface area contributed by atoms with Gasteiger partial charge in [-0.3, -0.25) is 0 Å². The molecule has 0 aromatic carbocycles. The van der Waals surface area contributed by atoms with Gasteiger partial charge in [0, 0.05) is 23.8 Å². The highest BCUT2D eigenvalue weighted by atomic mass is 79.9. The third-order valence-electron chi connectivity index (χ3n) is 3.69. The molecule has 1 aliphatic rings. The van der Waals surface area contributed by atoms with Crippen LogP contribution in [0.1, 0.15) is 27.2 Å². The number of sulfonamides is 1. The quantitative estimate of drug-likeness (QED) is 0.816. The van der Waals surface area contributed by atoms with E-state index in [1.807, 2.05) is 6.92 Å². The van der Waals surface area contributed by atoms with E-state index in [2.05, 4.69) is 44.8 Å². The van der Waals surface area contributed by atoms with Gasteiger partial charge in [-0.25, -0.2) is 18.1 Å². The second-order valence-corrected chi connectivity index (χ2v) is 8.42. The van der Waals surface area contributed by atoms with E-state index in [0.717, 1.165) is 6.42 Å². The molecule has 0 aliphatic heterocycles. The minimum atomic E-state index is -3.55. The van der Waals surface area contributed by atoms with Crippen molar-refractivity contribution < 1.29 is 8.42 Å². The monoisotopic (exact) mass is 361 g/mol. The van der Waals surface area contributed by atoms with E-state index in [4.69, 9.17) is 0 Å². The summed E-state index contributed by atoms with van der Waals surface area (Å²) >= 11 is 3.27. The molecule has 112 valence electrons. The maximum Gasteiger partial charge on any atom is 0.244 e. The molecule has 1 heterocycles. The van der Waals surface area contributed by atoms with Crippen LogP contribution in [0.2, 0.25) is 0 Å². The molecule has 1 saturated carbocycles. The lowest BCUT2D eigenvalue weighted by molar-refractivity contribution is 0.537. The van der Waals surface area contributed by atoms with Gasteiger partial charge in [-0.05, 0) is 46.7 Å². The molecule has 0 amide bonds. The van der Waals surface area contributed by atoms with Gasteiger partial charge in [0.05, 0.1) is 0 Å². The van der Waals surface area contributed by atoms with Crippen molar-refractivity contribution >= 4 is 31.8 Å². The van der Waals surface area contributed by atoms with Crippen LogP contribution in [0.25, 0.3) is 0 Å². The summed E-state index contributed by atoms with van der Waals surface area (Å²) in [5.74, 6) is 0.804. The predicted molar refractivity (Wildman–Crippen MR) is 83.2 cm³/mol. The minimum absolute atomic E-state index is 0.187. The zero-order valence-corrected chi connectivity index (χ0v) is 14.3. The molecule has 1 aliphatic carbocycles. The Morgan fingerprint density at radius 2 is 2.15 bits per heavy atom. The number of nitrogens with zero attached hydrogens (tertiary/aromatic N) is 1. The summed E-state index contributed by atoms with van der Waals surface area (Å²) in [6.45, 7) is 7.30. The van der Waals surface area contributed by atoms with E-state index in [9.17, 15) is 8.42 Å². The normalized spacial score (nSPS) is 20.7. The lowest BCUT2D eigenvalue weighted by Gasteiger charge is -2.12. The number of halogens is 1. The molecular formula is C13H20BrN3O2S. The molecule has 0 saturated heterocycles. The van der Waals surface area contributed by atoms with Crippen LogP contribution >= 0.6 is 15.9 Å². The third-order valence-corrected chi connectivity index (χ3v) is 5.56. The van der Waals surface area contributed by atoms with Crippen LogP contribution in [-0.2, 0) is 10.0 Å². The van der Waals surface area contributed by atoms with Crippen molar-refractivity contribution in [1.29, 1.82) is 0 Å². The van der Waals surface area contributed by atoms with Crippen LogP contribution in [0.4, 0.5) is 5.82 Å². The van der Waals surface area contributed by atoms with Crippen molar-refractivity contribution in [2.45, 2.75) is 32.1 Å². The van der Waals surface area contributed by atoms with Crippen LogP contribution < -0.4 is 10.0 Å². The smallest absolute Gasteiger partial charge is 0.244 e. The fourth-order valence-electron chi connectivity index (χ4n) is 2.14. The van der Waals surface area contributed by atoms with Crippen molar-refractivity contribution in [2.24, 2.45) is 11.3 Å². The van der Waals surface area contributed by atoms with E-state index in [-0.39, 0.29) is 10.3 Å². The summed E-state index contributed by atoms with van der Waals surface area (Å²) in [6.07, 6.45) is 2.65. The molecule has 0 spiro atoms. The number of nitrogens with one attached hydrogen (secondary N) is 2.